The van der Waals surface area contributed by atoms with Crippen LogP contribution in [-0.4, -0.2) is 47.1 Å². The Hall–Kier alpha value is -0.0800. The Morgan fingerprint density at radius 1 is 1.00 bits per heavy atom. The summed E-state index contributed by atoms with van der Waals surface area (Å²) >= 11 is 0. The maximum absolute atomic E-state index is 2.69. The minimum Gasteiger partial charge on any atom is -0.295 e. The molecule has 2 aliphatic heterocycles. The van der Waals surface area contributed by atoms with Crippen molar-refractivity contribution in [1.29, 1.82) is 0 Å². The summed E-state index contributed by atoms with van der Waals surface area (Å²) in [5.41, 5.74) is 0.850. The van der Waals surface area contributed by atoms with E-state index < -0.39 is 0 Å². The molecule has 0 amide bonds. The van der Waals surface area contributed by atoms with Crippen molar-refractivity contribution in [2.75, 3.05) is 26.2 Å². The van der Waals surface area contributed by atoms with Crippen molar-refractivity contribution in [3.63, 3.8) is 0 Å². The lowest BCUT2D eigenvalue weighted by atomic mass is 9.85. The minimum atomic E-state index is 0.360. The summed E-state index contributed by atoms with van der Waals surface area (Å²) in [5.74, 6) is 0. The molecule has 0 unspecified atom stereocenters. The molecule has 0 aromatic carbocycles. The zero-order chi connectivity index (χ0) is 10.4. The molecule has 2 heteroatoms. The van der Waals surface area contributed by atoms with Crippen LogP contribution in [0.5, 0.6) is 0 Å². The SMILES string of the molecule is CC(C)(C)N1CC(C)(N2CCCC2)C1. The average molecular weight is 196 g/mol. The summed E-state index contributed by atoms with van der Waals surface area (Å²) < 4.78 is 0. The van der Waals surface area contributed by atoms with Gasteiger partial charge in [0.15, 0.2) is 0 Å². The van der Waals surface area contributed by atoms with Crippen LogP contribution in [0.2, 0.25) is 0 Å². The third-order valence-corrected chi connectivity index (χ3v) is 3.88. The Morgan fingerprint density at radius 3 is 1.93 bits per heavy atom. The van der Waals surface area contributed by atoms with Gasteiger partial charge in [0, 0.05) is 24.2 Å². The molecule has 0 atom stereocenters. The molecule has 0 radical (unpaired) electrons. The quantitative estimate of drug-likeness (QED) is 0.632. The van der Waals surface area contributed by atoms with Crippen LogP contribution in [0.3, 0.4) is 0 Å². The van der Waals surface area contributed by atoms with Gasteiger partial charge in [0.1, 0.15) is 0 Å². The normalized spacial score (nSPS) is 29.1. The standard InChI is InChI=1S/C12H24N2/c1-11(2,3)14-9-12(4,10-14)13-7-5-6-8-13/h5-10H2,1-4H3. The first-order valence-corrected chi connectivity index (χ1v) is 5.92. The van der Waals surface area contributed by atoms with Crippen molar-refractivity contribution in [2.24, 2.45) is 0 Å². The summed E-state index contributed by atoms with van der Waals surface area (Å²) in [4.78, 5) is 5.28. The first kappa shape index (κ1) is 10.4. The van der Waals surface area contributed by atoms with E-state index in [1.807, 2.05) is 0 Å². The fraction of sp³-hybridized carbons (Fsp3) is 1.00. The van der Waals surface area contributed by atoms with Crippen molar-refractivity contribution in [3.05, 3.63) is 0 Å². The largest absolute Gasteiger partial charge is 0.295 e. The Balaban J connectivity index is 1.91. The van der Waals surface area contributed by atoms with Crippen molar-refractivity contribution in [1.82, 2.24) is 9.80 Å². The molecule has 2 aliphatic rings. The van der Waals surface area contributed by atoms with Crippen LogP contribution >= 0.6 is 0 Å². The van der Waals surface area contributed by atoms with Gasteiger partial charge in [-0.2, -0.15) is 0 Å². The lowest BCUT2D eigenvalue weighted by molar-refractivity contribution is -0.0756. The first-order chi connectivity index (χ1) is 6.42. The summed E-state index contributed by atoms with van der Waals surface area (Å²) in [6, 6.07) is 0. The van der Waals surface area contributed by atoms with Crippen molar-refractivity contribution in [3.8, 4) is 0 Å². The van der Waals surface area contributed by atoms with E-state index in [9.17, 15) is 0 Å². The van der Waals surface area contributed by atoms with E-state index in [0.29, 0.717) is 11.1 Å². The fourth-order valence-corrected chi connectivity index (χ4v) is 2.71. The second-order valence-electron chi connectivity index (χ2n) is 6.22. The van der Waals surface area contributed by atoms with Crippen molar-refractivity contribution >= 4 is 0 Å². The molecule has 0 N–H and O–H groups in total. The van der Waals surface area contributed by atoms with Gasteiger partial charge < -0.3 is 0 Å². The van der Waals surface area contributed by atoms with E-state index in [4.69, 9.17) is 0 Å². The molecule has 0 saturated carbocycles. The second kappa shape index (κ2) is 3.21. The topological polar surface area (TPSA) is 6.48 Å². The molecule has 0 aliphatic carbocycles. The smallest absolute Gasteiger partial charge is 0.0435 e. The van der Waals surface area contributed by atoms with Crippen LogP contribution < -0.4 is 0 Å². The summed E-state index contributed by atoms with van der Waals surface area (Å²) in [7, 11) is 0. The minimum absolute atomic E-state index is 0.360. The molecule has 2 rings (SSSR count). The van der Waals surface area contributed by atoms with Crippen LogP contribution in [0.25, 0.3) is 0 Å². The zero-order valence-corrected chi connectivity index (χ0v) is 10.1. The molecule has 0 aromatic heterocycles. The molecular weight excluding hydrogens is 172 g/mol. The molecule has 0 bridgehead atoms. The molecule has 2 saturated heterocycles. The first-order valence-electron chi connectivity index (χ1n) is 5.92. The van der Waals surface area contributed by atoms with E-state index in [1.54, 1.807) is 0 Å². The molecule has 0 aromatic rings. The fourth-order valence-electron chi connectivity index (χ4n) is 2.71. The van der Waals surface area contributed by atoms with Gasteiger partial charge in [-0.1, -0.05) is 0 Å². The average Bonchev–Trinajstić information content (AvgIpc) is 2.48. The molecular formula is C12H24N2. The maximum atomic E-state index is 2.69. The Kier molecular flexibility index (Phi) is 2.39. The van der Waals surface area contributed by atoms with Gasteiger partial charge in [-0.3, -0.25) is 9.80 Å². The number of hydrogen-bond acceptors (Lipinski definition) is 2. The highest BCUT2D eigenvalue weighted by Gasteiger charge is 2.47. The highest BCUT2D eigenvalue weighted by molar-refractivity contribution is 5.05. The van der Waals surface area contributed by atoms with E-state index >= 15 is 0 Å². The number of hydrogen-bond donors (Lipinski definition) is 0. The highest BCUT2D eigenvalue weighted by atomic mass is 15.4. The van der Waals surface area contributed by atoms with E-state index in [-0.39, 0.29) is 0 Å². The third kappa shape index (κ3) is 1.70. The maximum Gasteiger partial charge on any atom is 0.0435 e. The zero-order valence-electron chi connectivity index (χ0n) is 10.1. The Morgan fingerprint density at radius 2 is 1.50 bits per heavy atom. The van der Waals surface area contributed by atoms with Gasteiger partial charge in [0.2, 0.25) is 0 Å². The van der Waals surface area contributed by atoms with Gasteiger partial charge in [-0.15, -0.1) is 0 Å². The number of rotatable bonds is 1. The number of likely N-dealkylation sites (tertiary alicyclic amines) is 2. The van der Waals surface area contributed by atoms with Gasteiger partial charge in [0.25, 0.3) is 0 Å². The predicted molar refractivity (Wildman–Crippen MR) is 60.5 cm³/mol. The monoisotopic (exact) mass is 196 g/mol. The molecule has 14 heavy (non-hydrogen) atoms. The van der Waals surface area contributed by atoms with Crippen LogP contribution in [0.4, 0.5) is 0 Å². The summed E-state index contributed by atoms with van der Waals surface area (Å²) in [6.07, 6.45) is 2.82. The molecule has 2 heterocycles. The Bertz CT molecular complexity index is 205. The van der Waals surface area contributed by atoms with Crippen LogP contribution in [0, 0.1) is 0 Å². The van der Waals surface area contributed by atoms with Crippen LogP contribution in [0.15, 0.2) is 0 Å². The molecule has 0 spiro atoms. The summed E-state index contributed by atoms with van der Waals surface area (Å²) in [5, 5.41) is 0. The predicted octanol–water partition coefficient (Wildman–Crippen LogP) is 1.95. The third-order valence-electron chi connectivity index (χ3n) is 3.88. The number of nitrogens with zero attached hydrogens (tertiary/aromatic N) is 2. The Labute approximate surface area is 88.3 Å². The molecule has 2 nitrogen and oxygen atoms in total. The van der Waals surface area contributed by atoms with Gasteiger partial charge in [0.05, 0.1) is 0 Å². The second-order valence-corrected chi connectivity index (χ2v) is 6.22. The van der Waals surface area contributed by atoms with E-state index in [0.717, 1.165) is 0 Å². The lowest BCUT2D eigenvalue weighted by Gasteiger charge is -2.57. The lowest BCUT2D eigenvalue weighted by Crippen LogP contribution is -2.71. The molecule has 2 fully saturated rings. The summed E-state index contributed by atoms with van der Waals surface area (Å²) in [6.45, 7) is 14.6. The van der Waals surface area contributed by atoms with Gasteiger partial charge >= 0.3 is 0 Å². The van der Waals surface area contributed by atoms with Gasteiger partial charge in [-0.05, 0) is 53.6 Å². The van der Waals surface area contributed by atoms with Crippen molar-refractivity contribution < 1.29 is 0 Å². The van der Waals surface area contributed by atoms with Crippen LogP contribution in [-0.2, 0) is 0 Å². The van der Waals surface area contributed by atoms with E-state index in [2.05, 4.69) is 37.5 Å². The van der Waals surface area contributed by atoms with Crippen molar-refractivity contribution in [2.45, 2.75) is 51.6 Å². The van der Waals surface area contributed by atoms with Crippen LogP contribution in [0.1, 0.15) is 40.5 Å². The van der Waals surface area contributed by atoms with Gasteiger partial charge in [-0.25, -0.2) is 0 Å². The van der Waals surface area contributed by atoms with E-state index in [1.165, 1.54) is 39.0 Å². The molecule has 82 valence electrons. The highest BCUT2D eigenvalue weighted by Crippen LogP contribution is 2.34.